The molecule has 0 atom stereocenters. The van der Waals surface area contributed by atoms with Crippen LogP contribution in [0.3, 0.4) is 0 Å². The molecule has 0 bridgehead atoms. The second-order valence-corrected chi connectivity index (χ2v) is 14.3. The molecule has 0 aliphatic heterocycles. The highest BCUT2D eigenvalue weighted by atomic mass is 16.3. The fourth-order valence-electron chi connectivity index (χ4n) is 8.41. The number of benzene rings is 10. The van der Waals surface area contributed by atoms with E-state index in [0.717, 1.165) is 55.4 Å². The normalized spacial score (nSPS) is 11.6. The van der Waals surface area contributed by atoms with Crippen LogP contribution >= 0.6 is 0 Å². The fourth-order valence-corrected chi connectivity index (χ4v) is 8.41. The van der Waals surface area contributed by atoms with Gasteiger partial charge in [-0.2, -0.15) is 0 Å². The molecule has 11 rings (SSSR count). The monoisotopic (exact) mass is 714 g/mol. The van der Waals surface area contributed by atoms with E-state index < -0.39 is 0 Å². The molecule has 1 aromatic heterocycles. The molecule has 0 amide bonds. The molecule has 0 radical (unpaired) electrons. The van der Waals surface area contributed by atoms with Crippen molar-refractivity contribution in [1.29, 1.82) is 0 Å². The minimum absolute atomic E-state index is 0.630. The summed E-state index contributed by atoms with van der Waals surface area (Å²) >= 11 is 0. The van der Waals surface area contributed by atoms with Gasteiger partial charge >= 0.3 is 0 Å². The smallest absolute Gasteiger partial charge is 0.227 e. The Kier molecular flexibility index (Phi) is 7.49. The summed E-state index contributed by atoms with van der Waals surface area (Å²) in [5, 5.41) is 9.36. The van der Waals surface area contributed by atoms with Crippen LogP contribution in [-0.2, 0) is 0 Å². The molecule has 0 unspecified atom stereocenters. The number of anilines is 3. The molecule has 0 aliphatic carbocycles. The van der Waals surface area contributed by atoms with Crippen LogP contribution in [0.4, 0.5) is 17.1 Å². The molecular formula is C53H34N2O. The van der Waals surface area contributed by atoms with Crippen LogP contribution in [-0.4, -0.2) is 4.98 Å². The standard InChI is InChI=1S/C53H34N2O/c1-3-15-37(16-4-1)53-54-48-31-30-36-27-29-41-34-47(44-22-9-10-24-46(44)50(41)51(36)52(48)56-53)45-23-11-12-25-49(45)55(42-19-5-2-6-20-42)43-21-13-18-39(33-43)40-28-26-35-14-7-8-17-38(35)32-40/h1-34H. The molecule has 10 aromatic carbocycles. The largest absolute Gasteiger partial charge is 0.435 e. The van der Waals surface area contributed by atoms with Gasteiger partial charge in [-0.15, -0.1) is 0 Å². The molecular weight excluding hydrogens is 681 g/mol. The summed E-state index contributed by atoms with van der Waals surface area (Å²) in [4.78, 5) is 7.33. The van der Waals surface area contributed by atoms with E-state index in [1.165, 1.54) is 43.6 Å². The first kappa shape index (κ1) is 32.0. The van der Waals surface area contributed by atoms with Crippen molar-refractivity contribution in [2.75, 3.05) is 4.90 Å². The van der Waals surface area contributed by atoms with Gasteiger partial charge in [0.2, 0.25) is 5.89 Å². The summed E-state index contributed by atoms with van der Waals surface area (Å²) in [6.45, 7) is 0. The molecule has 0 aliphatic rings. The molecule has 262 valence electrons. The van der Waals surface area contributed by atoms with Crippen molar-refractivity contribution in [1.82, 2.24) is 4.98 Å². The molecule has 56 heavy (non-hydrogen) atoms. The van der Waals surface area contributed by atoms with E-state index in [2.05, 4.69) is 181 Å². The lowest BCUT2D eigenvalue weighted by Crippen LogP contribution is -2.11. The summed E-state index contributed by atoms with van der Waals surface area (Å²) < 4.78 is 6.63. The minimum atomic E-state index is 0.630. The lowest BCUT2D eigenvalue weighted by molar-refractivity contribution is 0.623. The number of nitrogens with zero attached hydrogens (tertiary/aromatic N) is 2. The molecule has 0 fully saturated rings. The van der Waals surface area contributed by atoms with Gasteiger partial charge in [0.25, 0.3) is 0 Å². The maximum absolute atomic E-state index is 6.63. The molecule has 1 heterocycles. The highest BCUT2D eigenvalue weighted by Gasteiger charge is 2.21. The van der Waals surface area contributed by atoms with Gasteiger partial charge in [-0.3, -0.25) is 0 Å². The number of rotatable bonds is 6. The predicted molar refractivity (Wildman–Crippen MR) is 235 cm³/mol. The van der Waals surface area contributed by atoms with Gasteiger partial charge in [0.05, 0.1) is 5.69 Å². The summed E-state index contributed by atoms with van der Waals surface area (Å²) in [6.07, 6.45) is 0. The van der Waals surface area contributed by atoms with Crippen LogP contribution in [0.5, 0.6) is 0 Å². The number of hydrogen-bond donors (Lipinski definition) is 0. The van der Waals surface area contributed by atoms with Crippen molar-refractivity contribution < 1.29 is 4.42 Å². The zero-order chi connectivity index (χ0) is 37.0. The Labute approximate surface area is 324 Å². The van der Waals surface area contributed by atoms with Gasteiger partial charge in [-0.05, 0) is 110 Å². The molecule has 3 heteroatoms. The fraction of sp³-hybridized carbons (Fsp3) is 0. The van der Waals surface area contributed by atoms with Crippen molar-refractivity contribution in [3.05, 3.63) is 206 Å². The lowest BCUT2D eigenvalue weighted by Gasteiger charge is -2.28. The molecule has 0 spiro atoms. The maximum atomic E-state index is 6.63. The van der Waals surface area contributed by atoms with Crippen molar-refractivity contribution in [2.24, 2.45) is 0 Å². The molecule has 0 N–H and O–H groups in total. The summed E-state index contributed by atoms with van der Waals surface area (Å²) in [5.41, 5.74) is 10.6. The minimum Gasteiger partial charge on any atom is -0.435 e. The Balaban J connectivity index is 1.13. The Morgan fingerprint density at radius 3 is 1.89 bits per heavy atom. The second kappa shape index (κ2) is 13.1. The van der Waals surface area contributed by atoms with Crippen molar-refractivity contribution in [2.45, 2.75) is 0 Å². The van der Waals surface area contributed by atoms with Crippen molar-refractivity contribution >= 4 is 71.3 Å². The Morgan fingerprint density at radius 2 is 1.02 bits per heavy atom. The second-order valence-electron chi connectivity index (χ2n) is 14.3. The van der Waals surface area contributed by atoms with E-state index in [1.807, 2.05) is 30.3 Å². The Bertz CT molecular complexity index is 3260. The SMILES string of the molecule is c1ccc(-c2nc3ccc4ccc5cc(-c6ccccc6N(c6ccccc6)c6cccc(-c7ccc8ccccc8c7)c6)c6ccccc6c5c4c3o2)cc1. The first-order valence-corrected chi connectivity index (χ1v) is 19.0. The maximum Gasteiger partial charge on any atom is 0.227 e. The third-order valence-electron chi connectivity index (χ3n) is 11.0. The molecule has 0 saturated carbocycles. The number of oxazole rings is 1. The van der Waals surface area contributed by atoms with Crippen LogP contribution in [0.15, 0.2) is 211 Å². The first-order valence-electron chi connectivity index (χ1n) is 19.0. The van der Waals surface area contributed by atoms with Crippen LogP contribution in [0.25, 0.3) is 87.9 Å². The molecule has 0 saturated heterocycles. The van der Waals surface area contributed by atoms with Crippen molar-refractivity contribution in [3.8, 4) is 33.7 Å². The van der Waals surface area contributed by atoms with Gasteiger partial charge in [0.15, 0.2) is 5.58 Å². The summed E-state index contributed by atoms with van der Waals surface area (Å²) in [5.74, 6) is 0.630. The van der Waals surface area contributed by atoms with E-state index in [-0.39, 0.29) is 0 Å². The third-order valence-corrected chi connectivity index (χ3v) is 11.0. The third kappa shape index (κ3) is 5.32. The predicted octanol–water partition coefficient (Wildman–Crippen LogP) is 14.9. The van der Waals surface area contributed by atoms with E-state index >= 15 is 0 Å². The van der Waals surface area contributed by atoms with Gasteiger partial charge < -0.3 is 9.32 Å². The van der Waals surface area contributed by atoms with Gasteiger partial charge in [0.1, 0.15) is 5.52 Å². The van der Waals surface area contributed by atoms with Crippen LogP contribution in [0.1, 0.15) is 0 Å². The summed E-state index contributed by atoms with van der Waals surface area (Å²) in [7, 11) is 0. The average molecular weight is 715 g/mol. The van der Waals surface area contributed by atoms with Gasteiger partial charge in [-0.1, -0.05) is 146 Å². The quantitative estimate of drug-likeness (QED) is 0.161. The van der Waals surface area contributed by atoms with E-state index in [9.17, 15) is 0 Å². The van der Waals surface area contributed by atoms with Crippen LogP contribution in [0.2, 0.25) is 0 Å². The number of aromatic nitrogens is 1. The van der Waals surface area contributed by atoms with Crippen molar-refractivity contribution in [3.63, 3.8) is 0 Å². The van der Waals surface area contributed by atoms with E-state index in [0.29, 0.717) is 5.89 Å². The van der Waals surface area contributed by atoms with Crippen LogP contribution < -0.4 is 4.90 Å². The Hall–Kier alpha value is -7.49. The highest BCUT2D eigenvalue weighted by molar-refractivity contribution is 6.28. The summed E-state index contributed by atoms with van der Waals surface area (Å²) in [6, 6.07) is 73.6. The zero-order valence-corrected chi connectivity index (χ0v) is 30.4. The zero-order valence-electron chi connectivity index (χ0n) is 30.4. The molecule has 11 aromatic rings. The molecule has 3 nitrogen and oxygen atoms in total. The van der Waals surface area contributed by atoms with E-state index in [1.54, 1.807) is 0 Å². The average Bonchev–Trinajstić information content (AvgIpc) is 3.72. The van der Waals surface area contributed by atoms with Crippen LogP contribution in [0, 0.1) is 0 Å². The topological polar surface area (TPSA) is 29.3 Å². The number of hydrogen-bond acceptors (Lipinski definition) is 3. The van der Waals surface area contributed by atoms with Gasteiger partial charge in [0, 0.05) is 33.3 Å². The Morgan fingerprint density at radius 1 is 0.375 bits per heavy atom. The first-order chi connectivity index (χ1) is 27.8. The number of para-hydroxylation sites is 2. The van der Waals surface area contributed by atoms with Gasteiger partial charge in [-0.25, -0.2) is 4.98 Å². The lowest BCUT2D eigenvalue weighted by atomic mass is 9.89. The van der Waals surface area contributed by atoms with E-state index in [4.69, 9.17) is 9.40 Å². The number of fused-ring (bicyclic) bond motifs is 8. The highest BCUT2D eigenvalue weighted by Crippen LogP contribution is 2.46.